The van der Waals surface area contributed by atoms with Gasteiger partial charge < -0.3 is 15.5 Å². The van der Waals surface area contributed by atoms with Gasteiger partial charge in [-0.1, -0.05) is 18.2 Å². The van der Waals surface area contributed by atoms with Crippen molar-refractivity contribution < 1.29 is 37.8 Å². The molecule has 0 aromatic heterocycles. The number of aliphatic carboxylic acids is 2. The molecular formula is C14H14F3NO5. The quantitative estimate of drug-likeness (QED) is 0.704. The summed E-state index contributed by atoms with van der Waals surface area (Å²) in [6.07, 6.45) is -5.57. The van der Waals surface area contributed by atoms with E-state index in [2.05, 4.69) is 0 Å². The van der Waals surface area contributed by atoms with Crippen LogP contribution in [0.1, 0.15) is 24.0 Å². The number of rotatable bonds is 7. The number of hydrogen-bond donors (Lipinski definition) is 3. The zero-order chi connectivity index (χ0) is 17.6. The highest BCUT2D eigenvalue weighted by Crippen LogP contribution is 2.29. The van der Waals surface area contributed by atoms with Crippen molar-refractivity contribution in [1.82, 2.24) is 5.32 Å². The summed E-state index contributed by atoms with van der Waals surface area (Å²) in [7, 11) is 0. The van der Waals surface area contributed by atoms with E-state index in [0.717, 1.165) is 12.1 Å². The van der Waals surface area contributed by atoms with Crippen LogP contribution in [0.3, 0.4) is 0 Å². The van der Waals surface area contributed by atoms with Crippen LogP contribution in [0.15, 0.2) is 24.3 Å². The number of alkyl halides is 3. The molecule has 1 amide bonds. The molecule has 6 nitrogen and oxygen atoms in total. The standard InChI is InChI=1S/C14H14F3NO5/c15-14(16,17)9-3-1-2-8(6-9)4-5-11(19)18-10(13(22)23)7-12(20)21/h1-3,6,10H,4-5,7H2,(H,18,19)(H,20,21)(H,22,23)/t10-/m0/s1. The van der Waals surface area contributed by atoms with E-state index in [9.17, 15) is 27.6 Å². The zero-order valence-electron chi connectivity index (χ0n) is 11.8. The Morgan fingerprint density at radius 1 is 1.17 bits per heavy atom. The Morgan fingerprint density at radius 3 is 2.35 bits per heavy atom. The van der Waals surface area contributed by atoms with Gasteiger partial charge in [-0.05, 0) is 18.1 Å². The van der Waals surface area contributed by atoms with Crippen LogP contribution in [0.25, 0.3) is 0 Å². The van der Waals surface area contributed by atoms with Gasteiger partial charge in [-0.3, -0.25) is 9.59 Å². The summed E-state index contributed by atoms with van der Waals surface area (Å²) in [6.45, 7) is 0. The Labute approximate surface area is 128 Å². The molecule has 9 heteroatoms. The molecule has 0 radical (unpaired) electrons. The number of carboxylic acids is 2. The van der Waals surface area contributed by atoms with Gasteiger partial charge in [0.1, 0.15) is 6.04 Å². The van der Waals surface area contributed by atoms with E-state index in [-0.39, 0.29) is 18.4 Å². The van der Waals surface area contributed by atoms with E-state index >= 15 is 0 Å². The minimum absolute atomic E-state index is 0.0326. The molecule has 0 aliphatic heterocycles. The summed E-state index contributed by atoms with van der Waals surface area (Å²) in [5.41, 5.74) is -0.579. The van der Waals surface area contributed by atoms with E-state index in [0.29, 0.717) is 0 Å². The monoisotopic (exact) mass is 333 g/mol. The summed E-state index contributed by atoms with van der Waals surface area (Å²) >= 11 is 0. The minimum atomic E-state index is -4.49. The Bertz CT molecular complexity index is 600. The van der Waals surface area contributed by atoms with E-state index in [1.54, 1.807) is 0 Å². The Kier molecular flexibility index (Phi) is 6.11. The van der Waals surface area contributed by atoms with Crippen LogP contribution in [0.2, 0.25) is 0 Å². The van der Waals surface area contributed by atoms with Gasteiger partial charge in [0, 0.05) is 6.42 Å². The van der Waals surface area contributed by atoms with Gasteiger partial charge in [-0.15, -0.1) is 0 Å². The number of hydrogen-bond acceptors (Lipinski definition) is 3. The molecule has 23 heavy (non-hydrogen) atoms. The molecular weight excluding hydrogens is 319 g/mol. The van der Waals surface area contributed by atoms with Crippen LogP contribution >= 0.6 is 0 Å². The molecule has 1 rings (SSSR count). The van der Waals surface area contributed by atoms with Crippen molar-refractivity contribution in [3.63, 3.8) is 0 Å². The lowest BCUT2D eigenvalue weighted by atomic mass is 10.1. The molecule has 0 saturated carbocycles. The van der Waals surface area contributed by atoms with Crippen LogP contribution in [0.4, 0.5) is 13.2 Å². The van der Waals surface area contributed by atoms with Crippen LogP contribution in [0.5, 0.6) is 0 Å². The maximum atomic E-state index is 12.5. The number of amides is 1. The normalized spacial score (nSPS) is 12.5. The second kappa shape index (κ2) is 7.61. The van der Waals surface area contributed by atoms with Gasteiger partial charge >= 0.3 is 18.1 Å². The first-order valence-corrected chi connectivity index (χ1v) is 6.49. The zero-order valence-corrected chi connectivity index (χ0v) is 11.8. The first kappa shape index (κ1) is 18.5. The number of benzene rings is 1. The minimum Gasteiger partial charge on any atom is -0.481 e. The third kappa shape index (κ3) is 6.37. The van der Waals surface area contributed by atoms with E-state index in [4.69, 9.17) is 10.2 Å². The lowest BCUT2D eigenvalue weighted by molar-refractivity contribution is -0.147. The molecule has 1 atom stereocenters. The number of carbonyl (C=O) groups is 3. The van der Waals surface area contributed by atoms with Crippen LogP contribution < -0.4 is 5.32 Å². The first-order valence-electron chi connectivity index (χ1n) is 6.49. The maximum absolute atomic E-state index is 12.5. The molecule has 0 spiro atoms. The molecule has 0 unspecified atom stereocenters. The molecule has 3 N–H and O–H groups in total. The largest absolute Gasteiger partial charge is 0.481 e. The van der Waals surface area contributed by atoms with E-state index in [1.165, 1.54) is 12.1 Å². The fourth-order valence-corrected chi connectivity index (χ4v) is 1.80. The fourth-order valence-electron chi connectivity index (χ4n) is 1.80. The number of halogens is 3. The molecule has 1 aromatic carbocycles. The Balaban J connectivity index is 2.62. The van der Waals surface area contributed by atoms with Crippen LogP contribution in [-0.4, -0.2) is 34.1 Å². The Morgan fingerprint density at radius 2 is 1.83 bits per heavy atom. The summed E-state index contributed by atoms with van der Waals surface area (Å²) in [5.74, 6) is -3.65. The highest BCUT2D eigenvalue weighted by atomic mass is 19.4. The van der Waals surface area contributed by atoms with Gasteiger partial charge in [0.15, 0.2) is 0 Å². The van der Waals surface area contributed by atoms with Crippen molar-refractivity contribution in [2.24, 2.45) is 0 Å². The number of carboxylic acid groups (broad SMARTS) is 2. The third-order valence-corrected chi connectivity index (χ3v) is 2.91. The first-order chi connectivity index (χ1) is 10.6. The fraction of sp³-hybridized carbons (Fsp3) is 0.357. The molecule has 1 aromatic rings. The predicted molar refractivity (Wildman–Crippen MR) is 71.6 cm³/mol. The van der Waals surface area contributed by atoms with Crippen LogP contribution in [-0.2, 0) is 27.0 Å². The average molecular weight is 333 g/mol. The maximum Gasteiger partial charge on any atom is 0.416 e. The Hall–Kier alpha value is -2.58. The second-order valence-electron chi connectivity index (χ2n) is 4.75. The number of aryl methyl sites for hydroxylation is 1. The molecule has 0 bridgehead atoms. The highest BCUT2D eigenvalue weighted by Gasteiger charge is 2.30. The summed E-state index contributed by atoms with van der Waals surface area (Å²) < 4.78 is 37.6. The topological polar surface area (TPSA) is 104 Å². The average Bonchev–Trinajstić information content (AvgIpc) is 2.43. The lowest BCUT2D eigenvalue weighted by Crippen LogP contribution is -2.42. The van der Waals surface area contributed by atoms with Gasteiger partial charge in [-0.2, -0.15) is 13.2 Å². The van der Waals surface area contributed by atoms with Gasteiger partial charge in [-0.25, -0.2) is 4.79 Å². The smallest absolute Gasteiger partial charge is 0.416 e. The molecule has 0 heterocycles. The summed E-state index contributed by atoms with van der Waals surface area (Å²) in [6, 6.07) is 2.84. The second-order valence-corrected chi connectivity index (χ2v) is 4.75. The summed E-state index contributed by atoms with van der Waals surface area (Å²) in [5, 5.41) is 19.3. The van der Waals surface area contributed by atoms with Crippen LogP contribution in [0, 0.1) is 0 Å². The van der Waals surface area contributed by atoms with E-state index in [1.807, 2.05) is 5.32 Å². The van der Waals surface area contributed by atoms with Crippen molar-refractivity contribution in [1.29, 1.82) is 0 Å². The summed E-state index contributed by atoms with van der Waals surface area (Å²) in [4.78, 5) is 32.9. The van der Waals surface area contributed by atoms with E-state index < -0.39 is 42.0 Å². The molecule has 0 fully saturated rings. The van der Waals surface area contributed by atoms with Gasteiger partial charge in [0.05, 0.1) is 12.0 Å². The van der Waals surface area contributed by atoms with Crippen molar-refractivity contribution in [2.75, 3.05) is 0 Å². The van der Waals surface area contributed by atoms with Crippen molar-refractivity contribution in [2.45, 2.75) is 31.5 Å². The van der Waals surface area contributed by atoms with Gasteiger partial charge in [0.25, 0.3) is 0 Å². The predicted octanol–water partition coefficient (Wildman–Crippen LogP) is 1.68. The number of carbonyl (C=O) groups excluding carboxylic acids is 1. The van der Waals surface area contributed by atoms with Crippen molar-refractivity contribution in [3.05, 3.63) is 35.4 Å². The lowest BCUT2D eigenvalue weighted by Gasteiger charge is -2.12. The van der Waals surface area contributed by atoms with Crippen molar-refractivity contribution in [3.8, 4) is 0 Å². The third-order valence-electron chi connectivity index (χ3n) is 2.91. The molecule has 126 valence electrons. The highest BCUT2D eigenvalue weighted by molar-refractivity contribution is 5.86. The van der Waals surface area contributed by atoms with Gasteiger partial charge in [0.2, 0.25) is 5.91 Å². The SMILES string of the molecule is O=C(O)C[C@H](NC(=O)CCc1cccc(C(F)(F)F)c1)C(=O)O. The molecule has 0 aliphatic rings. The molecule has 0 aliphatic carbocycles. The number of nitrogens with one attached hydrogen (secondary N) is 1. The van der Waals surface area contributed by atoms with Crippen molar-refractivity contribution >= 4 is 17.8 Å². The molecule has 0 saturated heterocycles.